The summed E-state index contributed by atoms with van der Waals surface area (Å²) in [5.41, 5.74) is 0.198. The molecule has 108 valence electrons. The van der Waals surface area contributed by atoms with Crippen molar-refractivity contribution in [2.75, 3.05) is 32.1 Å². The van der Waals surface area contributed by atoms with Crippen LogP contribution in [0.4, 0.5) is 6.01 Å². The number of esters is 1. The smallest absolute Gasteiger partial charge is 0.360 e. The number of rotatable bonds is 8. The molecule has 0 radical (unpaired) electrons. The summed E-state index contributed by atoms with van der Waals surface area (Å²) in [5, 5.41) is 3.04. The van der Waals surface area contributed by atoms with Gasteiger partial charge < -0.3 is 19.4 Å². The highest BCUT2D eigenvalue weighted by molar-refractivity contribution is 5.87. The maximum absolute atomic E-state index is 11.4. The van der Waals surface area contributed by atoms with Crippen molar-refractivity contribution in [3.05, 3.63) is 12.0 Å². The molecule has 0 unspecified atom stereocenters. The molecule has 6 heteroatoms. The highest BCUT2D eigenvalue weighted by Crippen LogP contribution is 2.08. The average molecular weight is 269 g/mol. The molecule has 1 aromatic heterocycles. The van der Waals surface area contributed by atoms with Crippen LogP contribution in [0.5, 0.6) is 0 Å². The standard InChI is InChI=1S/C13H23N3O3/c1-5-18-12(17)11-9-19-13(15-11)14-7-6-8-16(4)10(2)3/h9-10H,5-8H2,1-4H3,(H,14,15). The van der Waals surface area contributed by atoms with Gasteiger partial charge in [0.15, 0.2) is 5.69 Å². The van der Waals surface area contributed by atoms with Gasteiger partial charge in [0.1, 0.15) is 6.26 Å². The van der Waals surface area contributed by atoms with Crippen molar-refractivity contribution in [2.24, 2.45) is 0 Å². The molecular formula is C13H23N3O3. The fourth-order valence-corrected chi connectivity index (χ4v) is 1.44. The quantitative estimate of drug-likeness (QED) is 0.575. The molecule has 0 spiro atoms. The van der Waals surface area contributed by atoms with E-state index in [0.717, 1.165) is 19.5 Å². The van der Waals surface area contributed by atoms with E-state index in [1.54, 1.807) is 6.92 Å². The molecule has 0 fully saturated rings. The Morgan fingerprint density at radius 3 is 2.95 bits per heavy atom. The average Bonchev–Trinajstić information content (AvgIpc) is 2.83. The molecule has 0 aromatic carbocycles. The van der Waals surface area contributed by atoms with Crippen molar-refractivity contribution in [2.45, 2.75) is 33.2 Å². The lowest BCUT2D eigenvalue weighted by molar-refractivity contribution is 0.0519. The third-order valence-corrected chi connectivity index (χ3v) is 2.83. The number of oxazole rings is 1. The Kier molecular flexibility index (Phi) is 6.35. The van der Waals surface area contributed by atoms with Crippen molar-refractivity contribution >= 4 is 12.0 Å². The fraction of sp³-hybridized carbons (Fsp3) is 0.692. The molecule has 0 amide bonds. The number of nitrogens with one attached hydrogen (secondary N) is 1. The van der Waals surface area contributed by atoms with E-state index in [1.807, 2.05) is 0 Å². The number of aromatic nitrogens is 1. The van der Waals surface area contributed by atoms with Crippen molar-refractivity contribution < 1.29 is 13.9 Å². The lowest BCUT2D eigenvalue weighted by atomic mass is 10.3. The number of ether oxygens (including phenoxy) is 1. The molecule has 1 aromatic rings. The van der Waals surface area contributed by atoms with Crippen LogP contribution in [-0.4, -0.2) is 48.6 Å². The lowest BCUT2D eigenvalue weighted by Gasteiger charge is -2.20. The highest BCUT2D eigenvalue weighted by atomic mass is 16.5. The first-order chi connectivity index (χ1) is 9.04. The Labute approximate surface area is 114 Å². The van der Waals surface area contributed by atoms with Crippen LogP contribution < -0.4 is 5.32 Å². The second-order valence-corrected chi connectivity index (χ2v) is 4.61. The predicted molar refractivity (Wildman–Crippen MR) is 73.3 cm³/mol. The number of carbonyl (C=O) groups excluding carboxylic acids is 1. The first-order valence-corrected chi connectivity index (χ1v) is 6.61. The lowest BCUT2D eigenvalue weighted by Crippen LogP contribution is -2.28. The molecule has 0 aliphatic carbocycles. The van der Waals surface area contributed by atoms with Crippen molar-refractivity contribution in [3.8, 4) is 0 Å². The van der Waals surface area contributed by atoms with Crippen molar-refractivity contribution in [1.29, 1.82) is 0 Å². The van der Waals surface area contributed by atoms with E-state index in [9.17, 15) is 4.79 Å². The van der Waals surface area contributed by atoms with E-state index in [0.29, 0.717) is 18.7 Å². The van der Waals surface area contributed by atoms with Crippen LogP contribution in [0.25, 0.3) is 0 Å². The van der Waals surface area contributed by atoms with Gasteiger partial charge in [-0.15, -0.1) is 0 Å². The van der Waals surface area contributed by atoms with E-state index in [-0.39, 0.29) is 5.69 Å². The second-order valence-electron chi connectivity index (χ2n) is 4.61. The van der Waals surface area contributed by atoms with Crippen molar-refractivity contribution in [3.63, 3.8) is 0 Å². The summed E-state index contributed by atoms with van der Waals surface area (Å²) in [6, 6.07) is 0.896. The van der Waals surface area contributed by atoms with E-state index in [1.165, 1.54) is 6.26 Å². The van der Waals surface area contributed by atoms with Gasteiger partial charge >= 0.3 is 5.97 Å². The summed E-state index contributed by atoms with van der Waals surface area (Å²) in [7, 11) is 2.09. The first kappa shape index (κ1) is 15.5. The van der Waals surface area contributed by atoms with E-state index < -0.39 is 5.97 Å². The molecule has 0 saturated heterocycles. The molecule has 0 aliphatic heterocycles. The Bertz CT molecular complexity index is 390. The summed E-state index contributed by atoms with van der Waals surface area (Å²) in [5.74, 6) is -0.459. The zero-order chi connectivity index (χ0) is 14.3. The maximum atomic E-state index is 11.4. The Balaban J connectivity index is 2.29. The van der Waals surface area contributed by atoms with Gasteiger partial charge in [-0.2, -0.15) is 4.98 Å². The molecule has 19 heavy (non-hydrogen) atoms. The summed E-state index contributed by atoms with van der Waals surface area (Å²) >= 11 is 0. The minimum atomic E-state index is -0.459. The van der Waals surface area contributed by atoms with Crippen LogP contribution in [-0.2, 0) is 4.74 Å². The summed E-state index contributed by atoms with van der Waals surface area (Å²) < 4.78 is 9.98. The van der Waals surface area contributed by atoms with Gasteiger partial charge in [0.05, 0.1) is 6.61 Å². The van der Waals surface area contributed by atoms with E-state index >= 15 is 0 Å². The summed E-state index contributed by atoms with van der Waals surface area (Å²) in [4.78, 5) is 17.7. The minimum Gasteiger partial charge on any atom is -0.461 e. The van der Waals surface area contributed by atoms with Gasteiger partial charge in [0.2, 0.25) is 0 Å². The van der Waals surface area contributed by atoms with Crippen molar-refractivity contribution in [1.82, 2.24) is 9.88 Å². The highest BCUT2D eigenvalue weighted by Gasteiger charge is 2.12. The minimum absolute atomic E-state index is 0.198. The number of hydrogen-bond acceptors (Lipinski definition) is 6. The molecule has 0 aliphatic rings. The number of anilines is 1. The molecule has 0 atom stereocenters. The predicted octanol–water partition coefficient (Wildman–Crippen LogP) is 1.99. The second kappa shape index (κ2) is 7.78. The van der Waals surface area contributed by atoms with E-state index in [2.05, 4.69) is 36.1 Å². The molecule has 0 bridgehead atoms. The zero-order valence-electron chi connectivity index (χ0n) is 12.1. The number of hydrogen-bond donors (Lipinski definition) is 1. The number of carbonyl (C=O) groups is 1. The van der Waals surface area contributed by atoms with Gasteiger partial charge in [0, 0.05) is 12.6 Å². The molecule has 1 N–H and O–H groups in total. The molecule has 6 nitrogen and oxygen atoms in total. The molecule has 0 saturated carbocycles. The van der Waals surface area contributed by atoms with Crippen LogP contribution in [0.2, 0.25) is 0 Å². The molecular weight excluding hydrogens is 246 g/mol. The van der Waals surface area contributed by atoms with Crippen LogP contribution in [0, 0.1) is 0 Å². The van der Waals surface area contributed by atoms with Crippen LogP contribution >= 0.6 is 0 Å². The van der Waals surface area contributed by atoms with Gasteiger partial charge in [-0.1, -0.05) is 0 Å². The van der Waals surface area contributed by atoms with Crippen LogP contribution in [0.15, 0.2) is 10.7 Å². The SMILES string of the molecule is CCOC(=O)c1coc(NCCCN(C)C(C)C)n1. The third kappa shape index (κ3) is 5.30. The monoisotopic (exact) mass is 269 g/mol. The van der Waals surface area contributed by atoms with Crippen LogP contribution in [0.1, 0.15) is 37.7 Å². The van der Waals surface area contributed by atoms with E-state index in [4.69, 9.17) is 9.15 Å². The van der Waals surface area contributed by atoms with Crippen LogP contribution in [0.3, 0.4) is 0 Å². The molecule has 1 heterocycles. The maximum Gasteiger partial charge on any atom is 0.360 e. The Morgan fingerprint density at radius 1 is 1.58 bits per heavy atom. The normalized spacial score (nSPS) is 11.1. The van der Waals surface area contributed by atoms with Gasteiger partial charge in [-0.3, -0.25) is 0 Å². The third-order valence-electron chi connectivity index (χ3n) is 2.83. The Morgan fingerprint density at radius 2 is 2.32 bits per heavy atom. The topological polar surface area (TPSA) is 67.6 Å². The van der Waals surface area contributed by atoms with Gasteiger partial charge in [-0.05, 0) is 40.8 Å². The summed E-state index contributed by atoms with van der Waals surface area (Å²) in [6.07, 6.45) is 2.28. The number of nitrogens with zero attached hydrogens (tertiary/aromatic N) is 2. The molecule has 1 rings (SSSR count). The van der Waals surface area contributed by atoms with Gasteiger partial charge in [0.25, 0.3) is 6.01 Å². The summed E-state index contributed by atoms with van der Waals surface area (Å²) in [6.45, 7) is 8.15. The largest absolute Gasteiger partial charge is 0.461 e. The zero-order valence-corrected chi connectivity index (χ0v) is 12.1. The first-order valence-electron chi connectivity index (χ1n) is 6.61. The van der Waals surface area contributed by atoms with Gasteiger partial charge in [-0.25, -0.2) is 4.79 Å². The Hall–Kier alpha value is -1.56. The fourth-order valence-electron chi connectivity index (χ4n) is 1.44.